The Balaban J connectivity index is 2.43. The fourth-order valence-corrected chi connectivity index (χ4v) is 2.91. The first-order valence-electron chi connectivity index (χ1n) is 8.68. The molecule has 2 aromatic carbocycles. The molecule has 0 bridgehead atoms. The van der Waals surface area contributed by atoms with Crippen LogP contribution in [0.15, 0.2) is 48.5 Å². The van der Waals surface area contributed by atoms with Crippen LogP contribution >= 0.6 is 0 Å². The minimum absolute atomic E-state index is 0.0539. The maximum Gasteiger partial charge on any atom is 0.416 e. The Hall–Kier alpha value is -3.04. The monoisotopic (exact) mass is 432 g/mol. The number of likely N-dealkylation sites (N-methyl/N-ethyl adjacent to an activating group) is 1. The van der Waals surface area contributed by atoms with Crippen LogP contribution in [0.1, 0.15) is 33.5 Å². The van der Waals surface area contributed by atoms with Crippen LogP contribution in [-0.2, 0) is 23.6 Å². The maximum atomic E-state index is 13.1. The predicted molar refractivity (Wildman–Crippen MR) is 96.3 cm³/mol. The highest BCUT2D eigenvalue weighted by atomic mass is 19.4. The Morgan fingerprint density at radius 1 is 0.933 bits per heavy atom. The normalized spacial score (nSPS) is 13.0. The standard InChI is InChI=1S/C20H18F6N2O2/c1-28(16(11-17(27)29)7-12-5-3-2-4-6-12)18(30)13-8-14(19(21,22)23)10-15(9-13)20(24,25)26/h2-6,8-10,16H,7,11H2,1H3,(H2,27,29)/t16-/m0/s1. The van der Waals surface area contributed by atoms with Crippen LogP contribution in [0.4, 0.5) is 26.3 Å². The highest BCUT2D eigenvalue weighted by Gasteiger charge is 2.38. The molecular weight excluding hydrogens is 414 g/mol. The second-order valence-corrected chi connectivity index (χ2v) is 6.72. The molecule has 10 heteroatoms. The predicted octanol–water partition coefficient (Wildman–Crippen LogP) is 4.28. The van der Waals surface area contributed by atoms with E-state index >= 15 is 0 Å². The number of nitrogens with two attached hydrogens (primary N) is 1. The second kappa shape index (κ2) is 8.76. The van der Waals surface area contributed by atoms with Gasteiger partial charge >= 0.3 is 12.4 Å². The average molecular weight is 432 g/mol. The Labute approximate surface area is 168 Å². The van der Waals surface area contributed by atoms with Crippen molar-refractivity contribution >= 4 is 11.8 Å². The third-order valence-electron chi connectivity index (χ3n) is 4.45. The molecule has 0 aliphatic heterocycles. The molecule has 0 spiro atoms. The highest BCUT2D eigenvalue weighted by Crippen LogP contribution is 2.36. The SMILES string of the molecule is CN(C(=O)c1cc(C(F)(F)F)cc(C(F)(F)F)c1)[C@H](CC(N)=O)Cc1ccccc1. The first-order chi connectivity index (χ1) is 13.8. The number of carbonyl (C=O) groups is 2. The van der Waals surface area contributed by atoms with E-state index in [1.54, 1.807) is 30.3 Å². The Bertz CT molecular complexity index is 877. The van der Waals surface area contributed by atoms with Gasteiger partial charge in [-0.05, 0) is 30.2 Å². The molecule has 162 valence electrons. The number of primary amides is 1. The molecule has 2 amide bonds. The lowest BCUT2D eigenvalue weighted by Crippen LogP contribution is -2.41. The van der Waals surface area contributed by atoms with Gasteiger partial charge in [0.2, 0.25) is 5.91 Å². The number of benzene rings is 2. The van der Waals surface area contributed by atoms with E-state index in [0.29, 0.717) is 17.7 Å². The summed E-state index contributed by atoms with van der Waals surface area (Å²) in [5.41, 5.74) is 1.95. The van der Waals surface area contributed by atoms with Crippen LogP contribution < -0.4 is 5.73 Å². The Kier molecular flexibility index (Phi) is 6.79. The van der Waals surface area contributed by atoms with Gasteiger partial charge in [0.1, 0.15) is 0 Å². The number of hydrogen-bond donors (Lipinski definition) is 1. The molecule has 0 aliphatic rings. The molecule has 0 unspecified atom stereocenters. The molecular formula is C20H18F6N2O2. The van der Waals surface area contributed by atoms with Crippen molar-refractivity contribution in [3.8, 4) is 0 Å². The van der Waals surface area contributed by atoms with Crippen molar-refractivity contribution in [3.05, 3.63) is 70.8 Å². The third-order valence-corrected chi connectivity index (χ3v) is 4.45. The van der Waals surface area contributed by atoms with Crippen LogP contribution in [0.2, 0.25) is 0 Å². The zero-order valence-electron chi connectivity index (χ0n) is 15.7. The van der Waals surface area contributed by atoms with E-state index in [9.17, 15) is 35.9 Å². The fourth-order valence-electron chi connectivity index (χ4n) is 2.91. The molecule has 0 aromatic heterocycles. The van der Waals surface area contributed by atoms with Crippen molar-refractivity contribution in [2.24, 2.45) is 5.73 Å². The molecule has 1 atom stereocenters. The van der Waals surface area contributed by atoms with Crippen LogP contribution in [-0.4, -0.2) is 29.8 Å². The summed E-state index contributed by atoms with van der Waals surface area (Å²) in [6.45, 7) is 0. The van der Waals surface area contributed by atoms with E-state index in [1.165, 1.54) is 7.05 Å². The number of halogens is 6. The maximum absolute atomic E-state index is 13.1. The molecule has 2 rings (SSSR count). The number of rotatable bonds is 6. The molecule has 2 aromatic rings. The third kappa shape index (κ3) is 5.98. The summed E-state index contributed by atoms with van der Waals surface area (Å²) in [5, 5.41) is 0. The number of alkyl halides is 6. The number of amides is 2. The first kappa shape index (κ1) is 23.2. The first-order valence-corrected chi connectivity index (χ1v) is 8.68. The molecule has 2 N–H and O–H groups in total. The van der Waals surface area contributed by atoms with Gasteiger partial charge < -0.3 is 10.6 Å². The molecule has 4 nitrogen and oxygen atoms in total. The van der Waals surface area contributed by atoms with Gasteiger partial charge in [0.05, 0.1) is 11.1 Å². The lowest BCUT2D eigenvalue weighted by Gasteiger charge is -2.28. The Morgan fingerprint density at radius 2 is 1.43 bits per heavy atom. The van der Waals surface area contributed by atoms with Crippen molar-refractivity contribution in [2.75, 3.05) is 7.05 Å². The minimum atomic E-state index is -5.08. The molecule has 30 heavy (non-hydrogen) atoms. The van der Waals surface area contributed by atoms with E-state index in [4.69, 9.17) is 5.73 Å². The quantitative estimate of drug-likeness (QED) is 0.693. The highest BCUT2D eigenvalue weighted by molar-refractivity contribution is 5.95. The van der Waals surface area contributed by atoms with Crippen LogP contribution in [0.5, 0.6) is 0 Å². The lowest BCUT2D eigenvalue weighted by molar-refractivity contribution is -0.143. The van der Waals surface area contributed by atoms with Crippen molar-refractivity contribution in [3.63, 3.8) is 0 Å². The van der Waals surface area contributed by atoms with Gasteiger partial charge in [0.15, 0.2) is 0 Å². The van der Waals surface area contributed by atoms with Gasteiger partial charge in [0.25, 0.3) is 5.91 Å². The average Bonchev–Trinajstić information content (AvgIpc) is 2.65. The smallest absolute Gasteiger partial charge is 0.370 e. The second-order valence-electron chi connectivity index (χ2n) is 6.72. The van der Waals surface area contributed by atoms with Gasteiger partial charge in [-0.2, -0.15) is 26.3 Å². The van der Waals surface area contributed by atoms with Crippen molar-refractivity contribution in [1.82, 2.24) is 4.90 Å². The van der Waals surface area contributed by atoms with Gasteiger partial charge in [-0.1, -0.05) is 30.3 Å². The van der Waals surface area contributed by atoms with Gasteiger partial charge in [-0.25, -0.2) is 0 Å². The van der Waals surface area contributed by atoms with Crippen LogP contribution in [0.25, 0.3) is 0 Å². The minimum Gasteiger partial charge on any atom is -0.370 e. The molecule has 0 saturated heterocycles. The largest absolute Gasteiger partial charge is 0.416 e. The zero-order valence-corrected chi connectivity index (χ0v) is 15.7. The summed E-state index contributed by atoms with van der Waals surface area (Å²) in [4.78, 5) is 25.1. The number of carbonyl (C=O) groups excluding carboxylic acids is 2. The summed E-state index contributed by atoms with van der Waals surface area (Å²) in [6, 6.07) is 8.37. The van der Waals surface area contributed by atoms with Crippen molar-refractivity contribution < 1.29 is 35.9 Å². The van der Waals surface area contributed by atoms with E-state index < -0.39 is 46.9 Å². The Morgan fingerprint density at radius 3 is 1.87 bits per heavy atom. The molecule has 0 aliphatic carbocycles. The van der Waals surface area contributed by atoms with Gasteiger partial charge in [0, 0.05) is 25.1 Å². The van der Waals surface area contributed by atoms with Crippen LogP contribution in [0.3, 0.4) is 0 Å². The van der Waals surface area contributed by atoms with E-state index in [1.807, 2.05) is 0 Å². The molecule has 0 radical (unpaired) electrons. The van der Waals surface area contributed by atoms with Gasteiger partial charge in [-0.3, -0.25) is 9.59 Å². The van der Waals surface area contributed by atoms with Crippen molar-refractivity contribution in [1.29, 1.82) is 0 Å². The fraction of sp³-hybridized carbons (Fsp3) is 0.300. The van der Waals surface area contributed by atoms with E-state index in [-0.39, 0.29) is 18.9 Å². The summed E-state index contributed by atoms with van der Waals surface area (Å²) >= 11 is 0. The lowest BCUT2D eigenvalue weighted by atomic mass is 9.99. The van der Waals surface area contributed by atoms with Gasteiger partial charge in [-0.15, -0.1) is 0 Å². The van der Waals surface area contributed by atoms with E-state index in [2.05, 4.69) is 0 Å². The van der Waals surface area contributed by atoms with Crippen LogP contribution in [0, 0.1) is 0 Å². The molecule has 0 saturated carbocycles. The molecule has 0 heterocycles. The zero-order chi connectivity index (χ0) is 22.7. The summed E-state index contributed by atoms with van der Waals surface area (Å²) < 4.78 is 78.4. The summed E-state index contributed by atoms with van der Waals surface area (Å²) in [5.74, 6) is -1.86. The number of hydrogen-bond acceptors (Lipinski definition) is 2. The summed E-state index contributed by atoms with van der Waals surface area (Å²) in [6.07, 6.45) is -10.3. The molecule has 0 fully saturated rings. The van der Waals surface area contributed by atoms with E-state index in [0.717, 1.165) is 4.90 Å². The summed E-state index contributed by atoms with van der Waals surface area (Å²) in [7, 11) is 1.20. The topological polar surface area (TPSA) is 63.4 Å². The van der Waals surface area contributed by atoms with Crippen molar-refractivity contribution in [2.45, 2.75) is 31.2 Å². The number of nitrogens with zero attached hydrogens (tertiary/aromatic N) is 1.